The van der Waals surface area contributed by atoms with Crippen molar-refractivity contribution in [3.05, 3.63) is 36.2 Å². The van der Waals surface area contributed by atoms with Crippen LogP contribution in [0.4, 0.5) is 0 Å². The van der Waals surface area contributed by atoms with Crippen molar-refractivity contribution in [2.24, 2.45) is 0 Å². The van der Waals surface area contributed by atoms with E-state index in [0.717, 1.165) is 57.8 Å². The van der Waals surface area contributed by atoms with Crippen molar-refractivity contribution in [2.75, 3.05) is 39.4 Å². The van der Waals surface area contributed by atoms with E-state index < -0.39 is 0 Å². The molecule has 4 rings (SSSR count). The van der Waals surface area contributed by atoms with Crippen molar-refractivity contribution in [1.29, 1.82) is 0 Å². The third kappa shape index (κ3) is 3.03. The molecule has 0 N–H and O–H groups in total. The molecule has 6 heteroatoms. The highest BCUT2D eigenvalue weighted by Crippen LogP contribution is 2.22. The Labute approximate surface area is 142 Å². The van der Waals surface area contributed by atoms with Crippen LogP contribution in [0.15, 0.2) is 30.6 Å². The first-order valence-corrected chi connectivity index (χ1v) is 8.86. The summed E-state index contributed by atoms with van der Waals surface area (Å²) in [5.41, 5.74) is 1.60. The van der Waals surface area contributed by atoms with Crippen LogP contribution in [0, 0.1) is 0 Å². The molecule has 0 aromatic carbocycles. The van der Waals surface area contributed by atoms with Crippen LogP contribution in [0.5, 0.6) is 0 Å². The first-order valence-electron chi connectivity index (χ1n) is 8.86. The zero-order valence-corrected chi connectivity index (χ0v) is 13.9. The fourth-order valence-corrected chi connectivity index (χ4v) is 3.79. The number of nitrogens with zero attached hydrogens (tertiary/aromatic N) is 4. The summed E-state index contributed by atoms with van der Waals surface area (Å²) in [7, 11) is 0. The number of hydrogen-bond acceptors (Lipinski definition) is 4. The Morgan fingerprint density at radius 2 is 2.08 bits per heavy atom. The summed E-state index contributed by atoms with van der Waals surface area (Å²) in [4.78, 5) is 17.7. The quantitative estimate of drug-likeness (QED) is 0.860. The van der Waals surface area contributed by atoms with Gasteiger partial charge in [0.05, 0.1) is 30.5 Å². The van der Waals surface area contributed by atoms with E-state index in [-0.39, 0.29) is 5.91 Å². The highest BCUT2D eigenvalue weighted by atomic mass is 16.5. The molecule has 4 heterocycles. The number of pyridine rings is 1. The molecule has 0 radical (unpaired) electrons. The molecule has 0 spiro atoms. The predicted octanol–water partition coefficient (Wildman–Crippen LogP) is 1.66. The minimum absolute atomic E-state index is 0.120. The maximum absolute atomic E-state index is 13.2. The topological polar surface area (TPSA) is 50.1 Å². The van der Waals surface area contributed by atoms with Crippen LogP contribution in [0.1, 0.15) is 29.6 Å². The van der Waals surface area contributed by atoms with E-state index in [9.17, 15) is 4.79 Å². The van der Waals surface area contributed by atoms with Gasteiger partial charge in [0, 0.05) is 38.4 Å². The SMILES string of the molecule is O=C(c1cnn2ccccc12)N1CCCC[C@H]1CN1CCOCC1. The molecule has 2 aromatic rings. The van der Waals surface area contributed by atoms with E-state index in [1.54, 1.807) is 10.7 Å². The molecule has 6 nitrogen and oxygen atoms in total. The maximum Gasteiger partial charge on any atom is 0.257 e. The fourth-order valence-electron chi connectivity index (χ4n) is 3.79. The lowest BCUT2D eigenvalue weighted by molar-refractivity contribution is 0.0166. The molecule has 2 aromatic heterocycles. The third-order valence-electron chi connectivity index (χ3n) is 5.12. The van der Waals surface area contributed by atoms with E-state index in [1.165, 1.54) is 6.42 Å². The van der Waals surface area contributed by atoms with Crippen molar-refractivity contribution < 1.29 is 9.53 Å². The number of aromatic nitrogens is 2. The van der Waals surface area contributed by atoms with Crippen molar-refractivity contribution in [1.82, 2.24) is 19.4 Å². The predicted molar refractivity (Wildman–Crippen MR) is 91.1 cm³/mol. The Morgan fingerprint density at radius 1 is 1.21 bits per heavy atom. The lowest BCUT2D eigenvalue weighted by atomic mass is 10.00. The minimum Gasteiger partial charge on any atom is -0.379 e. The molecule has 2 fully saturated rings. The molecular formula is C18H24N4O2. The zero-order chi connectivity index (χ0) is 16.4. The van der Waals surface area contributed by atoms with Gasteiger partial charge in [0.2, 0.25) is 0 Å². The molecule has 0 bridgehead atoms. The second-order valence-electron chi connectivity index (χ2n) is 6.65. The maximum atomic E-state index is 13.2. The summed E-state index contributed by atoms with van der Waals surface area (Å²) in [6.45, 7) is 5.33. The van der Waals surface area contributed by atoms with E-state index in [1.807, 2.05) is 24.4 Å². The van der Waals surface area contributed by atoms with Crippen LogP contribution in [-0.2, 0) is 4.74 Å². The van der Waals surface area contributed by atoms with Crippen molar-refractivity contribution >= 4 is 11.4 Å². The summed E-state index contributed by atoms with van der Waals surface area (Å²) in [5.74, 6) is 0.120. The highest BCUT2D eigenvalue weighted by Gasteiger charge is 2.30. The monoisotopic (exact) mass is 328 g/mol. The van der Waals surface area contributed by atoms with Crippen LogP contribution < -0.4 is 0 Å². The van der Waals surface area contributed by atoms with Gasteiger partial charge < -0.3 is 9.64 Å². The highest BCUT2D eigenvalue weighted by molar-refractivity contribution is 6.00. The van der Waals surface area contributed by atoms with Gasteiger partial charge in [-0.1, -0.05) is 6.07 Å². The summed E-state index contributed by atoms with van der Waals surface area (Å²) in [5, 5.41) is 4.32. The van der Waals surface area contributed by atoms with Gasteiger partial charge in [-0.15, -0.1) is 0 Å². The van der Waals surface area contributed by atoms with E-state index >= 15 is 0 Å². The smallest absolute Gasteiger partial charge is 0.257 e. The van der Waals surface area contributed by atoms with Gasteiger partial charge in [0.25, 0.3) is 5.91 Å². The van der Waals surface area contributed by atoms with E-state index in [0.29, 0.717) is 11.6 Å². The Morgan fingerprint density at radius 3 is 2.96 bits per heavy atom. The van der Waals surface area contributed by atoms with Crippen LogP contribution in [0.3, 0.4) is 0 Å². The number of ether oxygens (including phenoxy) is 1. The summed E-state index contributed by atoms with van der Waals surface area (Å²) >= 11 is 0. The van der Waals surface area contributed by atoms with E-state index in [4.69, 9.17) is 4.74 Å². The minimum atomic E-state index is 0.120. The summed E-state index contributed by atoms with van der Waals surface area (Å²) in [6.07, 6.45) is 6.96. The van der Waals surface area contributed by atoms with Crippen LogP contribution >= 0.6 is 0 Å². The molecule has 2 saturated heterocycles. The molecule has 2 aliphatic heterocycles. The Kier molecular flexibility index (Phi) is 4.49. The van der Waals surface area contributed by atoms with Gasteiger partial charge in [-0.3, -0.25) is 9.69 Å². The number of likely N-dealkylation sites (tertiary alicyclic amines) is 1. The molecule has 0 unspecified atom stereocenters. The molecule has 2 aliphatic rings. The van der Waals surface area contributed by atoms with Gasteiger partial charge >= 0.3 is 0 Å². The van der Waals surface area contributed by atoms with E-state index in [2.05, 4.69) is 14.9 Å². The molecule has 24 heavy (non-hydrogen) atoms. The average molecular weight is 328 g/mol. The number of rotatable bonds is 3. The largest absolute Gasteiger partial charge is 0.379 e. The number of amides is 1. The second kappa shape index (κ2) is 6.91. The Balaban J connectivity index is 1.54. The third-order valence-corrected chi connectivity index (χ3v) is 5.12. The average Bonchev–Trinajstić information content (AvgIpc) is 3.07. The molecule has 1 amide bonds. The Bertz CT molecular complexity index is 708. The lowest BCUT2D eigenvalue weighted by Crippen LogP contribution is -2.51. The van der Waals surface area contributed by atoms with Crippen LogP contribution in [0.25, 0.3) is 5.52 Å². The number of hydrogen-bond donors (Lipinski definition) is 0. The number of fused-ring (bicyclic) bond motifs is 1. The summed E-state index contributed by atoms with van der Waals surface area (Å²) in [6, 6.07) is 6.13. The van der Waals surface area contributed by atoms with Crippen molar-refractivity contribution in [3.8, 4) is 0 Å². The Hall–Kier alpha value is -1.92. The summed E-state index contributed by atoms with van der Waals surface area (Å²) < 4.78 is 7.21. The fraction of sp³-hybridized carbons (Fsp3) is 0.556. The number of morpholine rings is 1. The zero-order valence-electron chi connectivity index (χ0n) is 13.9. The molecule has 0 saturated carbocycles. The van der Waals surface area contributed by atoms with Crippen molar-refractivity contribution in [3.63, 3.8) is 0 Å². The van der Waals surface area contributed by atoms with Gasteiger partial charge in [-0.2, -0.15) is 5.10 Å². The number of carbonyl (C=O) groups excluding carboxylic acids is 1. The lowest BCUT2D eigenvalue weighted by Gasteiger charge is -2.39. The number of carbonyl (C=O) groups is 1. The van der Waals surface area contributed by atoms with Gasteiger partial charge in [0.15, 0.2) is 0 Å². The standard InChI is InChI=1S/C18H24N4O2/c23-18(16-13-19-22-8-4-2-6-17(16)22)21-7-3-1-5-15(21)14-20-9-11-24-12-10-20/h2,4,6,8,13,15H,1,3,5,7,9-12,14H2/t15-/m0/s1. The normalized spacial score (nSPS) is 22.8. The molecular weight excluding hydrogens is 304 g/mol. The molecule has 1 atom stereocenters. The number of piperidine rings is 1. The molecule has 0 aliphatic carbocycles. The van der Waals surface area contributed by atoms with Gasteiger partial charge in [0.1, 0.15) is 0 Å². The molecule has 128 valence electrons. The second-order valence-corrected chi connectivity index (χ2v) is 6.65. The van der Waals surface area contributed by atoms with Gasteiger partial charge in [-0.05, 0) is 31.4 Å². The van der Waals surface area contributed by atoms with Crippen molar-refractivity contribution in [2.45, 2.75) is 25.3 Å². The van der Waals surface area contributed by atoms with Gasteiger partial charge in [-0.25, -0.2) is 4.52 Å². The first-order chi connectivity index (χ1) is 11.8. The first kappa shape index (κ1) is 15.6. The van der Waals surface area contributed by atoms with Crippen LogP contribution in [-0.4, -0.2) is 70.8 Å². The van der Waals surface area contributed by atoms with Crippen LogP contribution in [0.2, 0.25) is 0 Å².